The SMILES string of the molecule is CCCc1nc(CC)c(-c2ccc(OC(C)C)nc2)c(=O)n1Cc1ccc(-c2ccccc2-c2noc([O-])n2)cc1. The summed E-state index contributed by atoms with van der Waals surface area (Å²) in [6.45, 7) is 8.37. The zero-order chi connectivity index (χ0) is 28.9. The number of ether oxygens (including phenoxy) is 1. The summed E-state index contributed by atoms with van der Waals surface area (Å²) in [6.07, 6.45) is 3.17. The summed E-state index contributed by atoms with van der Waals surface area (Å²) in [5.41, 5.74) is 5.44. The molecule has 0 radical (unpaired) electrons. The number of hydrogen-bond donors (Lipinski definition) is 0. The van der Waals surface area contributed by atoms with E-state index < -0.39 is 6.08 Å². The summed E-state index contributed by atoms with van der Waals surface area (Å²) in [6, 6.07) is 19.2. The lowest BCUT2D eigenvalue weighted by molar-refractivity contribution is -0.303. The average Bonchev–Trinajstić information content (AvgIpc) is 3.41. The molecule has 0 amide bonds. The molecule has 5 aromatic rings. The van der Waals surface area contributed by atoms with E-state index in [1.807, 2.05) is 75.4 Å². The molecule has 0 N–H and O–H groups in total. The van der Waals surface area contributed by atoms with Crippen molar-refractivity contribution in [2.24, 2.45) is 0 Å². The minimum Gasteiger partial charge on any atom is -0.528 e. The maximum absolute atomic E-state index is 14.0. The van der Waals surface area contributed by atoms with Crippen molar-refractivity contribution in [2.75, 3.05) is 0 Å². The largest absolute Gasteiger partial charge is 0.528 e. The molecule has 5 rings (SSSR count). The van der Waals surface area contributed by atoms with Crippen molar-refractivity contribution in [2.45, 2.75) is 59.6 Å². The van der Waals surface area contributed by atoms with Crippen molar-refractivity contribution in [3.05, 3.63) is 94.3 Å². The highest BCUT2D eigenvalue weighted by molar-refractivity contribution is 5.80. The predicted molar refractivity (Wildman–Crippen MR) is 155 cm³/mol. The molecule has 0 aliphatic rings. The monoisotopic (exact) mass is 550 g/mol. The molecule has 210 valence electrons. The molecular weight excluding hydrogens is 518 g/mol. The Bertz CT molecular complexity index is 1690. The van der Waals surface area contributed by atoms with Crippen LogP contribution in [0.3, 0.4) is 0 Å². The number of aromatic nitrogens is 5. The van der Waals surface area contributed by atoms with Crippen LogP contribution in [0, 0.1) is 0 Å². The van der Waals surface area contributed by atoms with E-state index >= 15 is 0 Å². The van der Waals surface area contributed by atoms with Crippen LogP contribution in [0.1, 0.15) is 51.2 Å². The van der Waals surface area contributed by atoms with Gasteiger partial charge in [-0.25, -0.2) is 15.0 Å². The summed E-state index contributed by atoms with van der Waals surface area (Å²) in [5.74, 6) is 1.54. The Labute approximate surface area is 238 Å². The molecule has 3 heterocycles. The normalized spacial score (nSPS) is 11.2. The molecule has 9 heteroatoms. The molecule has 41 heavy (non-hydrogen) atoms. The number of rotatable bonds is 10. The maximum Gasteiger partial charge on any atom is 0.262 e. The molecule has 0 atom stereocenters. The zero-order valence-corrected chi connectivity index (χ0v) is 23.6. The van der Waals surface area contributed by atoms with Gasteiger partial charge in [-0.15, -0.1) is 0 Å². The van der Waals surface area contributed by atoms with Gasteiger partial charge in [0.2, 0.25) is 5.88 Å². The molecular formula is C32H32N5O4-. The second kappa shape index (κ2) is 12.2. The third kappa shape index (κ3) is 6.04. The number of aryl methyl sites for hydroxylation is 2. The van der Waals surface area contributed by atoms with E-state index in [1.165, 1.54) is 0 Å². The van der Waals surface area contributed by atoms with Crippen LogP contribution in [0.4, 0.5) is 0 Å². The van der Waals surface area contributed by atoms with Gasteiger partial charge in [-0.3, -0.25) is 9.36 Å². The molecule has 0 saturated heterocycles. The van der Waals surface area contributed by atoms with Gasteiger partial charge in [-0.1, -0.05) is 62.4 Å². The van der Waals surface area contributed by atoms with Gasteiger partial charge in [0.1, 0.15) is 5.82 Å². The summed E-state index contributed by atoms with van der Waals surface area (Å²) in [4.78, 5) is 27.2. The average molecular weight is 551 g/mol. The zero-order valence-electron chi connectivity index (χ0n) is 23.6. The van der Waals surface area contributed by atoms with Crippen LogP contribution in [-0.4, -0.2) is 30.8 Å². The Morgan fingerprint density at radius 2 is 1.68 bits per heavy atom. The molecule has 9 nitrogen and oxygen atoms in total. The smallest absolute Gasteiger partial charge is 0.262 e. The van der Waals surface area contributed by atoms with Gasteiger partial charge in [0.05, 0.1) is 23.9 Å². The minimum absolute atomic E-state index is 0.0105. The number of hydrogen-bond acceptors (Lipinski definition) is 8. The van der Waals surface area contributed by atoms with Crippen LogP contribution in [0.2, 0.25) is 0 Å². The second-order valence-corrected chi connectivity index (χ2v) is 10.0. The lowest BCUT2D eigenvalue weighted by Crippen LogP contribution is -2.29. The molecule has 3 aromatic heterocycles. The first-order valence-electron chi connectivity index (χ1n) is 13.8. The lowest BCUT2D eigenvalue weighted by Gasteiger charge is -2.17. The van der Waals surface area contributed by atoms with Gasteiger partial charge < -0.3 is 14.4 Å². The number of pyridine rings is 1. The Morgan fingerprint density at radius 3 is 2.29 bits per heavy atom. The molecule has 0 aliphatic carbocycles. The van der Waals surface area contributed by atoms with Crippen molar-refractivity contribution in [1.82, 2.24) is 24.7 Å². The van der Waals surface area contributed by atoms with E-state index in [1.54, 1.807) is 16.8 Å². The van der Waals surface area contributed by atoms with Crippen molar-refractivity contribution in [3.8, 4) is 45.6 Å². The standard InChI is InChI=1S/C32H33N5O4/c1-5-9-27-34-26(6-2)29(23-16-17-28(33-18-23)40-20(3)4)31(38)37(27)19-21-12-14-22(15-13-21)24-10-7-8-11-25(24)30-35-32(39)41-36-30/h7-8,10-18,20H,5-6,9,19H2,1-4H3,(H,35,36,39)/p-1. The number of nitrogens with zero attached hydrogens (tertiary/aromatic N) is 5. The summed E-state index contributed by atoms with van der Waals surface area (Å²) in [5, 5.41) is 15.2. The van der Waals surface area contributed by atoms with E-state index in [0.717, 1.165) is 40.2 Å². The molecule has 2 aromatic carbocycles. The van der Waals surface area contributed by atoms with E-state index in [-0.39, 0.29) is 17.5 Å². The highest BCUT2D eigenvalue weighted by Gasteiger charge is 2.18. The third-order valence-electron chi connectivity index (χ3n) is 6.69. The quantitative estimate of drug-likeness (QED) is 0.225. The summed E-state index contributed by atoms with van der Waals surface area (Å²) < 4.78 is 12.1. The first-order valence-corrected chi connectivity index (χ1v) is 13.8. The van der Waals surface area contributed by atoms with Crippen LogP contribution in [0.15, 0.2) is 76.2 Å². The first kappa shape index (κ1) is 27.8. The van der Waals surface area contributed by atoms with Crippen LogP contribution in [-0.2, 0) is 19.4 Å². The summed E-state index contributed by atoms with van der Waals surface area (Å²) in [7, 11) is 0. The van der Waals surface area contributed by atoms with E-state index in [2.05, 4.69) is 26.6 Å². The van der Waals surface area contributed by atoms with Gasteiger partial charge in [-0.05, 0) is 49.4 Å². The van der Waals surface area contributed by atoms with Crippen molar-refractivity contribution < 1.29 is 14.4 Å². The van der Waals surface area contributed by atoms with Gasteiger partial charge >= 0.3 is 0 Å². The maximum atomic E-state index is 14.0. The highest BCUT2D eigenvalue weighted by Crippen LogP contribution is 2.31. The van der Waals surface area contributed by atoms with E-state index in [4.69, 9.17) is 9.72 Å². The summed E-state index contributed by atoms with van der Waals surface area (Å²) >= 11 is 0. The number of benzene rings is 2. The molecule has 0 saturated carbocycles. The van der Waals surface area contributed by atoms with Crippen LogP contribution in [0.5, 0.6) is 12.0 Å². The molecule has 0 spiro atoms. The Kier molecular flexibility index (Phi) is 8.24. The van der Waals surface area contributed by atoms with Gasteiger partial charge in [0, 0.05) is 29.8 Å². The van der Waals surface area contributed by atoms with E-state index in [9.17, 15) is 9.90 Å². The van der Waals surface area contributed by atoms with E-state index in [0.29, 0.717) is 36.4 Å². The molecule has 0 bridgehead atoms. The predicted octanol–water partition coefficient (Wildman–Crippen LogP) is 5.45. The van der Waals surface area contributed by atoms with Crippen molar-refractivity contribution in [1.29, 1.82) is 0 Å². The third-order valence-corrected chi connectivity index (χ3v) is 6.69. The van der Waals surface area contributed by atoms with Crippen molar-refractivity contribution >= 4 is 0 Å². The van der Waals surface area contributed by atoms with Crippen LogP contribution < -0.4 is 15.4 Å². The Morgan fingerprint density at radius 1 is 0.951 bits per heavy atom. The van der Waals surface area contributed by atoms with Crippen molar-refractivity contribution in [3.63, 3.8) is 0 Å². The van der Waals surface area contributed by atoms with Crippen LogP contribution >= 0.6 is 0 Å². The Hall–Kier alpha value is -4.79. The highest BCUT2D eigenvalue weighted by atomic mass is 16.6. The Balaban J connectivity index is 1.50. The van der Waals surface area contributed by atoms with Gasteiger partial charge in [0.25, 0.3) is 5.56 Å². The molecule has 0 fully saturated rings. The minimum atomic E-state index is -0.726. The second-order valence-electron chi connectivity index (χ2n) is 10.0. The van der Waals surface area contributed by atoms with Crippen LogP contribution in [0.25, 0.3) is 33.6 Å². The molecule has 0 unspecified atom stereocenters. The first-order chi connectivity index (χ1) is 19.9. The fraction of sp³-hybridized carbons (Fsp3) is 0.281. The molecule has 0 aliphatic heterocycles. The van der Waals surface area contributed by atoms with Gasteiger partial charge in [-0.2, -0.15) is 5.16 Å². The fourth-order valence-corrected chi connectivity index (χ4v) is 4.83. The fourth-order valence-electron chi connectivity index (χ4n) is 4.83. The van der Waals surface area contributed by atoms with Gasteiger partial charge in [0.15, 0.2) is 11.9 Å². The lowest BCUT2D eigenvalue weighted by atomic mass is 9.98. The topological polar surface area (TPSA) is 119 Å².